The van der Waals surface area contributed by atoms with E-state index >= 15 is 0 Å². The smallest absolute Gasteiger partial charge is 0.306 e. The number of fused-ring (bicyclic) bond motifs is 1. The summed E-state index contributed by atoms with van der Waals surface area (Å²) in [6.45, 7) is 6.25. The maximum atomic E-state index is 11.7. The lowest BCUT2D eigenvalue weighted by molar-refractivity contribution is -0.154. The first-order valence-electron chi connectivity index (χ1n) is 6.69. The number of hydrogen-bond acceptors (Lipinski definition) is 3. The first kappa shape index (κ1) is 14.9. The van der Waals surface area contributed by atoms with Crippen molar-refractivity contribution >= 4 is 28.6 Å². The second-order valence-corrected chi connectivity index (χ2v) is 6.05. The largest absolute Gasteiger partial charge is 0.460 e. The molecule has 1 aromatic heterocycles. The van der Waals surface area contributed by atoms with E-state index in [1.807, 2.05) is 49.6 Å². The van der Waals surface area contributed by atoms with E-state index in [1.54, 1.807) is 0 Å². The average molecular weight is 295 g/mol. The minimum atomic E-state index is -0.434. The number of halogens is 1. The van der Waals surface area contributed by atoms with Crippen LogP contribution in [-0.4, -0.2) is 21.1 Å². The van der Waals surface area contributed by atoms with Crippen LogP contribution in [0.1, 0.15) is 33.6 Å². The highest BCUT2D eigenvalue weighted by Crippen LogP contribution is 2.20. The summed E-state index contributed by atoms with van der Waals surface area (Å²) in [7, 11) is 0. The molecule has 5 heteroatoms. The minimum absolute atomic E-state index is 0.182. The molecule has 0 amide bonds. The fourth-order valence-corrected chi connectivity index (χ4v) is 2.30. The van der Waals surface area contributed by atoms with Gasteiger partial charge >= 0.3 is 5.97 Å². The van der Waals surface area contributed by atoms with Gasteiger partial charge in [0, 0.05) is 13.0 Å². The number of benzene rings is 1. The molecule has 108 valence electrons. The molecule has 0 N–H and O–H groups in total. The molecule has 0 aliphatic rings. The Hall–Kier alpha value is -1.55. The number of rotatable bonds is 4. The Balaban J connectivity index is 1.96. The molecule has 0 aliphatic heterocycles. The maximum Gasteiger partial charge on any atom is 0.306 e. The summed E-state index contributed by atoms with van der Waals surface area (Å²) in [6.07, 6.45) is 1.05. The third kappa shape index (κ3) is 3.73. The van der Waals surface area contributed by atoms with E-state index < -0.39 is 5.60 Å². The van der Waals surface area contributed by atoms with Crippen LogP contribution in [-0.2, 0) is 16.1 Å². The van der Waals surface area contributed by atoms with E-state index in [-0.39, 0.29) is 5.97 Å². The lowest BCUT2D eigenvalue weighted by Gasteiger charge is -2.19. The van der Waals surface area contributed by atoms with Gasteiger partial charge in [0.2, 0.25) is 5.28 Å². The summed E-state index contributed by atoms with van der Waals surface area (Å²) < 4.78 is 7.20. The zero-order chi connectivity index (χ0) is 14.8. The van der Waals surface area contributed by atoms with Gasteiger partial charge in [0.05, 0.1) is 11.0 Å². The number of hydrogen-bond donors (Lipinski definition) is 0. The first-order valence-corrected chi connectivity index (χ1v) is 7.07. The fourth-order valence-electron chi connectivity index (χ4n) is 2.03. The first-order chi connectivity index (χ1) is 9.37. The van der Waals surface area contributed by atoms with Crippen LogP contribution in [0.5, 0.6) is 0 Å². The Bertz CT molecular complexity index is 614. The zero-order valence-corrected chi connectivity index (χ0v) is 12.8. The lowest BCUT2D eigenvalue weighted by Crippen LogP contribution is -2.23. The standard InChI is InChI=1S/C15H19ClN2O2/c1-15(2,3)20-13(19)9-6-10-18-12-8-5-4-7-11(12)17-14(18)16/h4-5,7-8H,6,9-10H2,1-3H3. The summed E-state index contributed by atoms with van der Waals surface area (Å²) in [6, 6.07) is 7.77. The molecule has 0 spiro atoms. The van der Waals surface area contributed by atoms with Crippen LogP contribution in [0.4, 0.5) is 0 Å². The van der Waals surface area contributed by atoms with E-state index in [0.29, 0.717) is 24.7 Å². The predicted molar refractivity (Wildman–Crippen MR) is 79.8 cm³/mol. The Morgan fingerprint density at radius 1 is 1.35 bits per heavy atom. The van der Waals surface area contributed by atoms with E-state index in [0.717, 1.165) is 11.0 Å². The fraction of sp³-hybridized carbons (Fsp3) is 0.467. The topological polar surface area (TPSA) is 44.1 Å². The zero-order valence-electron chi connectivity index (χ0n) is 12.0. The normalized spacial score (nSPS) is 11.8. The minimum Gasteiger partial charge on any atom is -0.460 e. The van der Waals surface area contributed by atoms with Gasteiger partial charge in [0.15, 0.2) is 0 Å². The molecule has 4 nitrogen and oxygen atoms in total. The van der Waals surface area contributed by atoms with E-state index in [2.05, 4.69) is 4.98 Å². The molecule has 0 aliphatic carbocycles. The number of imidazole rings is 1. The molecule has 0 atom stereocenters. The Labute approximate surface area is 123 Å². The number of aryl methyl sites for hydroxylation is 1. The highest BCUT2D eigenvalue weighted by atomic mass is 35.5. The molecule has 0 saturated heterocycles. The molecule has 20 heavy (non-hydrogen) atoms. The maximum absolute atomic E-state index is 11.7. The number of ether oxygens (including phenoxy) is 1. The number of para-hydroxylation sites is 2. The van der Waals surface area contributed by atoms with Crippen molar-refractivity contribution in [3.05, 3.63) is 29.5 Å². The Morgan fingerprint density at radius 3 is 2.75 bits per heavy atom. The van der Waals surface area contributed by atoms with Gasteiger partial charge in [0.25, 0.3) is 0 Å². The van der Waals surface area contributed by atoms with Crippen LogP contribution in [0, 0.1) is 0 Å². The molecule has 0 bridgehead atoms. The van der Waals surface area contributed by atoms with Gasteiger partial charge in [-0.3, -0.25) is 4.79 Å². The molecule has 0 saturated carbocycles. The highest BCUT2D eigenvalue weighted by molar-refractivity contribution is 6.29. The van der Waals surface area contributed by atoms with Crippen molar-refractivity contribution in [2.75, 3.05) is 0 Å². The summed E-state index contributed by atoms with van der Waals surface area (Å²) >= 11 is 6.13. The van der Waals surface area contributed by atoms with Crippen LogP contribution >= 0.6 is 11.6 Å². The number of esters is 1. The second kappa shape index (κ2) is 5.83. The van der Waals surface area contributed by atoms with E-state index in [4.69, 9.17) is 16.3 Å². The van der Waals surface area contributed by atoms with Crippen LogP contribution in [0.15, 0.2) is 24.3 Å². The summed E-state index contributed by atoms with van der Waals surface area (Å²) in [5.41, 5.74) is 1.42. The molecule has 1 heterocycles. The van der Waals surface area contributed by atoms with Gasteiger partial charge in [-0.15, -0.1) is 0 Å². The SMILES string of the molecule is CC(C)(C)OC(=O)CCCn1c(Cl)nc2ccccc21. The van der Waals surface area contributed by atoms with Gasteiger partial charge in [-0.1, -0.05) is 12.1 Å². The molecule has 2 rings (SSSR count). The Kier molecular flexibility index (Phi) is 4.33. The van der Waals surface area contributed by atoms with Gasteiger partial charge in [-0.25, -0.2) is 4.98 Å². The van der Waals surface area contributed by atoms with Gasteiger partial charge in [-0.05, 0) is 50.9 Å². The number of carbonyl (C=O) groups excluding carboxylic acids is 1. The monoisotopic (exact) mass is 294 g/mol. The molecule has 0 unspecified atom stereocenters. The summed E-state index contributed by atoms with van der Waals surface area (Å²) in [5.74, 6) is -0.182. The van der Waals surface area contributed by atoms with Crippen molar-refractivity contribution in [3.63, 3.8) is 0 Å². The molecule has 0 fully saturated rings. The molecular formula is C15H19ClN2O2. The van der Waals surface area contributed by atoms with Crippen molar-refractivity contribution in [1.29, 1.82) is 0 Å². The lowest BCUT2D eigenvalue weighted by atomic mass is 10.2. The number of nitrogens with zero attached hydrogens (tertiary/aromatic N) is 2. The van der Waals surface area contributed by atoms with Crippen LogP contribution < -0.4 is 0 Å². The van der Waals surface area contributed by atoms with Crippen LogP contribution in [0.3, 0.4) is 0 Å². The predicted octanol–water partition coefficient (Wildman–Crippen LogP) is 3.81. The van der Waals surface area contributed by atoms with Crippen molar-refractivity contribution < 1.29 is 9.53 Å². The molecule has 1 aromatic carbocycles. The van der Waals surface area contributed by atoms with Crippen molar-refractivity contribution in [2.45, 2.75) is 45.8 Å². The van der Waals surface area contributed by atoms with E-state index in [1.165, 1.54) is 0 Å². The number of aromatic nitrogens is 2. The quantitative estimate of drug-likeness (QED) is 0.805. The average Bonchev–Trinajstić information content (AvgIpc) is 2.64. The van der Waals surface area contributed by atoms with Gasteiger partial charge in [0.1, 0.15) is 5.60 Å². The summed E-state index contributed by atoms with van der Waals surface area (Å²) in [4.78, 5) is 15.9. The van der Waals surface area contributed by atoms with E-state index in [9.17, 15) is 4.79 Å². The van der Waals surface area contributed by atoms with Gasteiger partial charge in [-0.2, -0.15) is 0 Å². The third-order valence-corrected chi connectivity index (χ3v) is 3.08. The second-order valence-electron chi connectivity index (χ2n) is 5.71. The third-order valence-electron chi connectivity index (χ3n) is 2.79. The van der Waals surface area contributed by atoms with Crippen molar-refractivity contribution in [1.82, 2.24) is 9.55 Å². The Morgan fingerprint density at radius 2 is 2.05 bits per heavy atom. The highest BCUT2D eigenvalue weighted by Gasteiger charge is 2.16. The molecular weight excluding hydrogens is 276 g/mol. The van der Waals surface area contributed by atoms with Crippen molar-refractivity contribution in [2.24, 2.45) is 0 Å². The number of carbonyl (C=O) groups is 1. The summed E-state index contributed by atoms with van der Waals surface area (Å²) in [5, 5.41) is 0.454. The molecule has 0 radical (unpaired) electrons. The van der Waals surface area contributed by atoms with Gasteiger partial charge < -0.3 is 9.30 Å². The molecule has 2 aromatic rings. The van der Waals surface area contributed by atoms with Crippen molar-refractivity contribution in [3.8, 4) is 0 Å². The van der Waals surface area contributed by atoms with Crippen LogP contribution in [0.25, 0.3) is 11.0 Å². The van der Waals surface area contributed by atoms with Crippen LogP contribution in [0.2, 0.25) is 5.28 Å².